The van der Waals surface area contributed by atoms with Crippen molar-refractivity contribution in [1.29, 1.82) is 5.26 Å². The summed E-state index contributed by atoms with van der Waals surface area (Å²) in [6, 6.07) is 8.26. The first-order valence-corrected chi connectivity index (χ1v) is 8.41. The van der Waals surface area contributed by atoms with Gasteiger partial charge in [0.2, 0.25) is 0 Å². The van der Waals surface area contributed by atoms with Crippen LogP contribution in [0.2, 0.25) is 0 Å². The molecule has 3 nitrogen and oxygen atoms in total. The molecule has 1 aromatic rings. The van der Waals surface area contributed by atoms with Crippen LogP contribution in [-0.4, -0.2) is 18.3 Å². The molecule has 2 fully saturated rings. The van der Waals surface area contributed by atoms with Crippen LogP contribution >= 0.6 is 0 Å². The average Bonchev–Trinajstić information content (AvgIpc) is 3.06. The van der Waals surface area contributed by atoms with Gasteiger partial charge in [-0.05, 0) is 70.5 Å². The van der Waals surface area contributed by atoms with Crippen molar-refractivity contribution in [1.82, 2.24) is 0 Å². The van der Waals surface area contributed by atoms with Crippen LogP contribution in [0.5, 0.6) is 0 Å². The first-order valence-electron chi connectivity index (χ1n) is 8.41. The molecule has 0 bridgehead atoms. The molecule has 23 heavy (non-hydrogen) atoms. The van der Waals surface area contributed by atoms with E-state index in [-0.39, 0.29) is 11.2 Å². The number of nitriles is 1. The summed E-state index contributed by atoms with van der Waals surface area (Å²) < 4.78 is 12.2. The SMILES string of the molecule is CC1(C)OB(c2ccc(C=C3CCCC3)c(C#N)c2)OC1(C)C. The summed E-state index contributed by atoms with van der Waals surface area (Å²) in [5.74, 6) is 0. The third-order valence-electron chi connectivity index (χ3n) is 5.33. The molecule has 1 aromatic carbocycles. The molecule has 1 aliphatic carbocycles. The maximum absolute atomic E-state index is 9.50. The smallest absolute Gasteiger partial charge is 0.399 e. The van der Waals surface area contributed by atoms with E-state index >= 15 is 0 Å². The van der Waals surface area contributed by atoms with Gasteiger partial charge in [-0.1, -0.05) is 23.8 Å². The van der Waals surface area contributed by atoms with Crippen LogP contribution in [0.3, 0.4) is 0 Å². The van der Waals surface area contributed by atoms with E-state index in [1.54, 1.807) is 0 Å². The minimum atomic E-state index is -0.416. The Hall–Kier alpha value is -1.57. The molecule has 0 atom stereocenters. The van der Waals surface area contributed by atoms with Gasteiger partial charge in [0, 0.05) is 0 Å². The van der Waals surface area contributed by atoms with Crippen LogP contribution in [-0.2, 0) is 9.31 Å². The normalized spacial score (nSPS) is 22.2. The van der Waals surface area contributed by atoms with Gasteiger partial charge in [0.1, 0.15) is 0 Å². The highest BCUT2D eigenvalue weighted by Gasteiger charge is 2.51. The monoisotopic (exact) mass is 309 g/mol. The summed E-state index contributed by atoms with van der Waals surface area (Å²) >= 11 is 0. The molecule has 1 aliphatic heterocycles. The van der Waals surface area contributed by atoms with Gasteiger partial charge >= 0.3 is 7.12 Å². The molecule has 0 N–H and O–H groups in total. The van der Waals surface area contributed by atoms with Crippen LogP contribution in [0.4, 0.5) is 0 Å². The Labute approximate surface area is 139 Å². The van der Waals surface area contributed by atoms with Crippen molar-refractivity contribution in [3.05, 3.63) is 34.9 Å². The van der Waals surface area contributed by atoms with E-state index in [1.165, 1.54) is 18.4 Å². The van der Waals surface area contributed by atoms with Crippen molar-refractivity contribution in [2.45, 2.75) is 64.6 Å². The Bertz CT molecular complexity index is 661. The maximum atomic E-state index is 9.50. The molecule has 0 radical (unpaired) electrons. The molecule has 2 aliphatic rings. The molecule has 1 saturated carbocycles. The third kappa shape index (κ3) is 3.09. The Morgan fingerprint density at radius 3 is 2.26 bits per heavy atom. The second kappa shape index (κ2) is 5.81. The zero-order valence-electron chi connectivity index (χ0n) is 14.5. The van der Waals surface area contributed by atoms with Gasteiger partial charge in [0.15, 0.2) is 0 Å². The van der Waals surface area contributed by atoms with Gasteiger partial charge in [-0.2, -0.15) is 5.26 Å². The van der Waals surface area contributed by atoms with E-state index in [2.05, 4.69) is 12.1 Å². The molecular weight excluding hydrogens is 285 g/mol. The predicted octanol–water partition coefficient (Wildman–Crippen LogP) is 3.81. The van der Waals surface area contributed by atoms with Crippen molar-refractivity contribution in [2.24, 2.45) is 0 Å². The van der Waals surface area contributed by atoms with Crippen molar-refractivity contribution in [2.75, 3.05) is 0 Å². The minimum Gasteiger partial charge on any atom is -0.399 e. The van der Waals surface area contributed by atoms with Gasteiger partial charge in [-0.25, -0.2) is 0 Å². The van der Waals surface area contributed by atoms with Gasteiger partial charge in [-0.3, -0.25) is 0 Å². The zero-order chi connectivity index (χ0) is 16.7. The summed E-state index contributed by atoms with van der Waals surface area (Å²) in [5, 5.41) is 9.50. The number of nitrogens with zero attached hydrogens (tertiary/aromatic N) is 1. The predicted molar refractivity (Wildman–Crippen MR) is 93.3 cm³/mol. The Morgan fingerprint density at radius 1 is 1.09 bits per heavy atom. The van der Waals surface area contributed by atoms with Crippen molar-refractivity contribution in [3.63, 3.8) is 0 Å². The van der Waals surface area contributed by atoms with Crippen LogP contribution < -0.4 is 5.46 Å². The zero-order valence-corrected chi connectivity index (χ0v) is 14.5. The maximum Gasteiger partial charge on any atom is 0.494 e. The fourth-order valence-electron chi connectivity index (χ4n) is 3.12. The van der Waals surface area contributed by atoms with Crippen LogP contribution in [0.25, 0.3) is 6.08 Å². The molecule has 1 heterocycles. The molecular formula is C19H24BNO2. The lowest BCUT2D eigenvalue weighted by molar-refractivity contribution is 0.00578. The number of rotatable bonds is 2. The first-order chi connectivity index (χ1) is 10.8. The van der Waals surface area contributed by atoms with E-state index in [0.717, 1.165) is 23.9 Å². The van der Waals surface area contributed by atoms with Crippen LogP contribution in [0.1, 0.15) is 64.5 Å². The Morgan fingerprint density at radius 2 is 1.70 bits per heavy atom. The number of benzene rings is 1. The number of allylic oxidation sites excluding steroid dienone is 1. The molecule has 0 amide bonds. The molecule has 0 aromatic heterocycles. The first kappa shape index (κ1) is 16.3. The van der Waals surface area contributed by atoms with Crippen molar-refractivity contribution < 1.29 is 9.31 Å². The lowest BCUT2D eigenvalue weighted by Gasteiger charge is -2.32. The Balaban J connectivity index is 1.89. The number of hydrogen-bond donors (Lipinski definition) is 0. The fraction of sp³-hybridized carbons (Fsp3) is 0.526. The standard InChI is InChI=1S/C19H24BNO2/c1-18(2)19(3,4)23-20(22-18)17-10-9-15(16(12-17)13-21)11-14-7-5-6-8-14/h9-12H,5-8H2,1-4H3. The Kier molecular flexibility index (Phi) is 4.12. The summed E-state index contributed by atoms with van der Waals surface area (Å²) in [6.45, 7) is 8.16. The highest BCUT2D eigenvalue weighted by Crippen LogP contribution is 2.36. The molecule has 1 saturated heterocycles. The second-order valence-corrected chi connectivity index (χ2v) is 7.56. The van der Waals surface area contributed by atoms with Gasteiger partial charge in [0.25, 0.3) is 0 Å². The summed E-state index contributed by atoms with van der Waals surface area (Å²) in [4.78, 5) is 0. The average molecular weight is 309 g/mol. The quantitative estimate of drug-likeness (QED) is 0.780. The molecule has 120 valence electrons. The lowest BCUT2D eigenvalue weighted by Crippen LogP contribution is -2.41. The minimum absolute atomic E-state index is 0.366. The lowest BCUT2D eigenvalue weighted by atomic mass is 9.77. The highest BCUT2D eigenvalue weighted by molar-refractivity contribution is 6.62. The van der Waals surface area contributed by atoms with E-state index in [4.69, 9.17) is 9.31 Å². The summed E-state index contributed by atoms with van der Waals surface area (Å²) in [5.41, 5.74) is 3.32. The van der Waals surface area contributed by atoms with E-state index in [0.29, 0.717) is 5.56 Å². The fourth-order valence-corrected chi connectivity index (χ4v) is 3.12. The van der Waals surface area contributed by atoms with E-state index < -0.39 is 7.12 Å². The van der Waals surface area contributed by atoms with Crippen molar-refractivity contribution >= 4 is 18.7 Å². The highest BCUT2D eigenvalue weighted by atomic mass is 16.7. The van der Waals surface area contributed by atoms with E-state index in [1.807, 2.05) is 45.9 Å². The topological polar surface area (TPSA) is 42.2 Å². The second-order valence-electron chi connectivity index (χ2n) is 7.56. The van der Waals surface area contributed by atoms with E-state index in [9.17, 15) is 5.26 Å². The van der Waals surface area contributed by atoms with Gasteiger partial charge < -0.3 is 9.31 Å². The molecule has 3 rings (SSSR count). The summed E-state index contributed by atoms with van der Waals surface area (Å²) in [7, 11) is -0.416. The van der Waals surface area contributed by atoms with Crippen molar-refractivity contribution in [3.8, 4) is 6.07 Å². The largest absolute Gasteiger partial charge is 0.494 e. The molecule has 4 heteroatoms. The molecule has 0 unspecified atom stereocenters. The summed E-state index contributed by atoms with van der Waals surface area (Å²) in [6.07, 6.45) is 7.02. The molecule has 0 spiro atoms. The third-order valence-corrected chi connectivity index (χ3v) is 5.33. The van der Waals surface area contributed by atoms with Crippen LogP contribution in [0.15, 0.2) is 23.8 Å². The number of hydrogen-bond acceptors (Lipinski definition) is 3. The van der Waals surface area contributed by atoms with Gasteiger partial charge in [-0.15, -0.1) is 0 Å². The van der Waals surface area contributed by atoms with Crippen LogP contribution in [0, 0.1) is 11.3 Å². The van der Waals surface area contributed by atoms with Gasteiger partial charge in [0.05, 0.1) is 22.8 Å².